The average Bonchev–Trinajstić information content (AvgIpc) is 2.76. The van der Waals surface area contributed by atoms with Crippen molar-refractivity contribution in [2.75, 3.05) is 4.31 Å². The second kappa shape index (κ2) is 9.53. The highest BCUT2D eigenvalue weighted by Crippen LogP contribution is 2.35. The number of halogens is 2. The van der Waals surface area contributed by atoms with Crippen molar-refractivity contribution in [2.24, 2.45) is 0 Å². The van der Waals surface area contributed by atoms with Gasteiger partial charge < -0.3 is 0 Å². The Labute approximate surface area is 205 Å². The van der Waals surface area contributed by atoms with Gasteiger partial charge in [-0.05, 0) is 91.4 Å². The van der Waals surface area contributed by atoms with Crippen LogP contribution in [0.1, 0.15) is 35.6 Å². The Morgan fingerprint density at radius 3 is 2.55 bits per heavy atom. The van der Waals surface area contributed by atoms with Gasteiger partial charge in [0.25, 0.3) is 10.0 Å². The summed E-state index contributed by atoms with van der Waals surface area (Å²) in [4.78, 5) is 1.07. The lowest BCUT2D eigenvalue weighted by Gasteiger charge is -2.36. The third-order valence-electron chi connectivity index (χ3n) is 6.09. The van der Waals surface area contributed by atoms with E-state index >= 15 is 0 Å². The van der Waals surface area contributed by atoms with Crippen molar-refractivity contribution in [1.82, 2.24) is 0 Å². The number of thiocarbonyl (C=S) groups is 1. The maximum absolute atomic E-state index is 13.7. The van der Waals surface area contributed by atoms with Crippen molar-refractivity contribution in [1.29, 1.82) is 0 Å². The predicted octanol–water partition coefficient (Wildman–Crippen LogP) is 6.47. The molecule has 0 N–H and O–H groups in total. The van der Waals surface area contributed by atoms with Crippen LogP contribution in [0.2, 0.25) is 5.02 Å². The van der Waals surface area contributed by atoms with Gasteiger partial charge in [-0.25, -0.2) is 12.8 Å². The minimum Gasteiger partial charge on any atom is -0.263 e. The molecule has 0 bridgehead atoms. The predicted molar refractivity (Wildman–Crippen MR) is 136 cm³/mol. The standard InChI is InChI=1S/C26H25ClFNO2S2/c1-17-3-8-22(27)14-21(17)16-24(32)13-19-5-10-25(11-6-19)33(30,31)29-18(2)4-7-20-15-23(28)9-12-26(20)29/h3,5-6,8-12,14-15,18H,4,7,13,16H2,1-2H3. The first kappa shape index (κ1) is 23.9. The fraction of sp³-hybridized carbons (Fsp3) is 0.269. The molecule has 0 saturated carbocycles. The Balaban J connectivity index is 1.53. The Kier molecular flexibility index (Phi) is 6.89. The zero-order chi connectivity index (χ0) is 23.8. The Bertz CT molecular complexity index is 1310. The lowest BCUT2D eigenvalue weighted by atomic mass is 9.99. The van der Waals surface area contributed by atoms with E-state index in [4.69, 9.17) is 23.8 Å². The van der Waals surface area contributed by atoms with Gasteiger partial charge in [0.15, 0.2) is 0 Å². The Hall–Kier alpha value is -2.28. The van der Waals surface area contributed by atoms with E-state index in [0.29, 0.717) is 36.4 Å². The van der Waals surface area contributed by atoms with E-state index in [1.54, 1.807) is 18.2 Å². The molecule has 1 aliphatic heterocycles. The Morgan fingerprint density at radius 2 is 1.82 bits per heavy atom. The molecule has 1 heterocycles. The second-order valence-electron chi connectivity index (χ2n) is 8.57. The topological polar surface area (TPSA) is 37.4 Å². The van der Waals surface area contributed by atoms with Crippen LogP contribution in [-0.2, 0) is 29.3 Å². The van der Waals surface area contributed by atoms with Crippen LogP contribution in [0.3, 0.4) is 0 Å². The molecule has 33 heavy (non-hydrogen) atoms. The molecule has 1 atom stereocenters. The van der Waals surface area contributed by atoms with Gasteiger partial charge >= 0.3 is 0 Å². The number of anilines is 1. The van der Waals surface area contributed by atoms with Crippen LogP contribution in [-0.4, -0.2) is 19.3 Å². The van der Waals surface area contributed by atoms with Gasteiger partial charge in [0.2, 0.25) is 0 Å². The van der Waals surface area contributed by atoms with E-state index in [-0.39, 0.29) is 16.8 Å². The van der Waals surface area contributed by atoms with E-state index in [9.17, 15) is 12.8 Å². The molecule has 3 nitrogen and oxygen atoms in total. The summed E-state index contributed by atoms with van der Waals surface area (Å²) in [5.74, 6) is -0.353. The van der Waals surface area contributed by atoms with E-state index < -0.39 is 10.0 Å². The minimum absolute atomic E-state index is 0.207. The third-order valence-corrected chi connectivity index (χ3v) is 8.56. The van der Waals surface area contributed by atoms with Gasteiger partial charge in [-0.1, -0.05) is 42.0 Å². The molecule has 0 aliphatic carbocycles. The lowest BCUT2D eigenvalue weighted by molar-refractivity contribution is 0.560. The van der Waals surface area contributed by atoms with Crippen LogP contribution in [0, 0.1) is 12.7 Å². The molecule has 0 saturated heterocycles. The molecule has 0 amide bonds. The molecule has 0 aromatic heterocycles. The summed E-state index contributed by atoms with van der Waals surface area (Å²) in [7, 11) is -3.78. The number of fused-ring (bicyclic) bond motifs is 1. The third kappa shape index (κ3) is 5.13. The average molecular weight is 502 g/mol. The van der Waals surface area contributed by atoms with Crippen LogP contribution >= 0.6 is 23.8 Å². The SMILES string of the molecule is Cc1ccc(Cl)cc1CC(=S)Cc1ccc(S(=O)(=O)N2c3ccc(F)cc3CCC2C)cc1. The zero-order valence-corrected chi connectivity index (χ0v) is 20.9. The number of rotatable bonds is 6. The van der Waals surface area contributed by atoms with E-state index in [1.807, 2.05) is 44.2 Å². The maximum atomic E-state index is 13.7. The van der Waals surface area contributed by atoms with Gasteiger partial charge in [-0.3, -0.25) is 4.31 Å². The summed E-state index contributed by atoms with van der Waals surface area (Å²) in [6.07, 6.45) is 2.51. The summed E-state index contributed by atoms with van der Waals surface area (Å²) in [6, 6.07) is 16.7. The number of hydrogen-bond acceptors (Lipinski definition) is 3. The van der Waals surface area contributed by atoms with Gasteiger partial charge in [-0.2, -0.15) is 0 Å². The summed E-state index contributed by atoms with van der Waals surface area (Å²) < 4.78 is 42.1. The molecule has 0 radical (unpaired) electrons. The highest BCUT2D eigenvalue weighted by atomic mass is 35.5. The van der Waals surface area contributed by atoms with Crippen molar-refractivity contribution >= 4 is 44.4 Å². The van der Waals surface area contributed by atoms with Gasteiger partial charge in [-0.15, -0.1) is 0 Å². The smallest absolute Gasteiger partial charge is 0.263 e. The van der Waals surface area contributed by atoms with Crippen molar-refractivity contribution in [3.05, 3.63) is 93.8 Å². The van der Waals surface area contributed by atoms with Crippen molar-refractivity contribution in [3.8, 4) is 0 Å². The van der Waals surface area contributed by atoms with Crippen LogP contribution in [0.15, 0.2) is 65.6 Å². The first-order valence-corrected chi connectivity index (χ1v) is 13.1. The van der Waals surface area contributed by atoms with Gasteiger partial charge in [0.1, 0.15) is 5.82 Å². The van der Waals surface area contributed by atoms with Gasteiger partial charge in [0, 0.05) is 28.8 Å². The first-order chi connectivity index (χ1) is 15.6. The molecule has 172 valence electrons. The van der Waals surface area contributed by atoms with E-state index in [0.717, 1.165) is 27.1 Å². The number of sulfonamides is 1. The van der Waals surface area contributed by atoms with Crippen molar-refractivity contribution in [2.45, 2.75) is 50.5 Å². The van der Waals surface area contributed by atoms with Crippen LogP contribution < -0.4 is 4.31 Å². The normalized spacial score (nSPS) is 15.9. The molecule has 0 fully saturated rings. The van der Waals surface area contributed by atoms with Crippen molar-refractivity contribution in [3.63, 3.8) is 0 Å². The number of hydrogen-bond donors (Lipinski definition) is 0. The number of benzene rings is 3. The molecule has 3 aromatic carbocycles. The summed E-state index contributed by atoms with van der Waals surface area (Å²) in [5.41, 5.74) is 4.46. The number of aryl methyl sites for hydroxylation is 2. The molecule has 3 aromatic rings. The monoisotopic (exact) mass is 501 g/mol. The lowest BCUT2D eigenvalue weighted by Crippen LogP contribution is -2.42. The zero-order valence-electron chi connectivity index (χ0n) is 18.5. The molecule has 1 unspecified atom stereocenters. The summed E-state index contributed by atoms with van der Waals surface area (Å²) in [6.45, 7) is 3.91. The maximum Gasteiger partial charge on any atom is 0.264 e. The van der Waals surface area contributed by atoms with Crippen LogP contribution in [0.4, 0.5) is 10.1 Å². The minimum atomic E-state index is -3.78. The van der Waals surface area contributed by atoms with E-state index in [1.165, 1.54) is 16.4 Å². The quantitative estimate of drug-likeness (QED) is 0.363. The molecule has 1 aliphatic rings. The molecule has 0 spiro atoms. The largest absolute Gasteiger partial charge is 0.264 e. The molecule has 7 heteroatoms. The Morgan fingerprint density at radius 1 is 1.09 bits per heavy atom. The fourth-order valence-corrected chi connectivity index (χ4v) is 6.52. The van der Waals surface area contributed by atoms with Crippen LogP contribution in [0.25, 0.3) is 0 Å². The highest BCUT2D eigenvalue weighted by Gasteiger charge is 2.33. The molecular formula is C26H25ClFNO2S2. The fourth-order valence-electron chi connectivity index (χ4n) is 4.28. The first-order valence-electron chi connectivity index (χ1n) is 10.8. The molecular weight excluding hydrogens is 477 g/mol. The summed E-state index contributed by atoms with van der Waals surface area (Å²) in [5, 5.41) is 0.684. The van der Waals surface area contributed by atoms with Crippen molar-refractivity contribution < 1.29 is 12.8 Å². The second-order valence-corrected chi connectivity index (χ2v) is 11.4. The summed E-state index contributed by atoms with van der Waals surface area (Å²) >= 11 is 11.7. The number of nitrogens with zero attached hydrogens (tertiary/aromatic N) is 1. The van der Waals surface area contributed by atoms with Gasteiger partial charge in [0.05, 0.1) is 10.6 Å². The molecule has 4 rings (SSSR count). The highest BCUT2D eigenvalue weighted by molar-refractivity contribution is 7.92. The van der Waals surface area contributed by atoms with E-state index in [2.05, 4.69) is 0 Å². The van der Waals surface area contributed by atoms with Crippen LogP contribution in [0.5, 0.6) is 0 Å².